The number of phenolic OH excluding ortho intramolecular Hbond substituents is 2. The van der Waals surface area contributed by atoms with Crippen molar-refractivity contribution in [2.24, 2.45) is 0 Å². The van der Waals surface area contributed by atoms with Gasteiger partial charge in [0.2, 0.25) is 5.43 Å². The molecular weight excluding hydrogens is 300 g/mol. The standard InChI is InChI=1S/C17H10O6/c18-8-2-1-3-9-13(8)16(20)14-11(22-9)6-10-12(15(14)19)7-4-5-21-17(7)23-10/h1-7,17-19H/t7-,17+/m1/s1. The van der Waals surface area contributed by atoms with E-state index in [2.05, 4.69) is 0 Å². The summed E-state index contributed by atoms with van der Waals surface area (Å²) in [5.74, 6) is -0.221. The summed E-state index contributed by atoms with van der Waals surface area (Å²) >= 11 is 0. The zero-order valence-electron chi connectivity index (χ0n) is 11.6. The zero-order chi connectivity index (χ0) is 15.7. The average molecular weight is 310 g/mol. The van der Waals surface area contributed by atoms with E-state index in [0.717, 1.165) is 0 Å². The van der Waals surface area contributed by atoms with E-state index in [1.807, 2.05) is 0 Å². The molecule has 1 aromatic heterocycles. The van der Waals surface area contributed by atoms with Gasteiger partial charge in [-0.05, 0) is 18.2 Å². The van der Waals surface area contributed by atoms with Crippen molar-refractivity contribution in [1.82, 2.24) is 0 Å². The molecule has 23 heavy (non-hydrogen) atoms. The van der Waals surface area contributed by atoms with Crippen LogP contribution in [0.3, 0.4) is 0 Å². The molecule has 3 heterocycles. The second-order valence-electron chi connectivity index (χ2n) is 5.57. The Kier molecular flexibility index (Phi) is 2.15. The Balaban J connectivity index is 1.95. The van der Waals surface area contributed by atoms with Gasteiger partial charge in [-0.15, -0.1) is 0 Å². The lowest BCUT2D eigenvalue weighted by Crippen LogP contribution is -2.14. The second-order valence-corrected chi connectivity index (χ2v) is 5.57. The molecule has 0 saturated carbocycles. The Labute approximate surface area is 128 Å². The maximum absolute atomic E-state index is 12.8. The zero-order valence-corrected chi connectivity index (χ0v) is 11.6. The van der Waals surface area contributed by atoms with Gasteiger partial charge in [0.1, 0.15) is 39.2 Å². The van der Waals surface area contributed by atoms with E-state index in [1.165, 1.54) is 12.3 Å². The SMILES string of the molecule is O=c1c2c(O)cccc2oc2cc3c(c(O)c12)[C@H]1C=CO[C@H]1O3. The van der Waals surface area contributed by atoms with Crippen LogP contribution >= 0.6 is 0 Å². The third kappa shape index (κ3) is 1.45. The summed E-state index contributed by atoms with van der Waals surface area (Å²) in [7, 11) is 0. The number of fused-ring (bicyclic) bond motifs is 5. The van der Waals surface area contributed by atoms with Gasteiger partial charge in [0.25, 0.3) is 6.29 Å². The minimum atomic E-state index is -0.536. The molecule has 2 aliphatic rings. The van der Waals surface area contributed by atoms with Gasteiger partial charge in [0.15, 0.2) is 0 Å². The first-order valence-electron chi connectivity index (χ1n) is 7.08. The Bertz CT molecular complexity index is 1080. The van der Waals surface area contributed by atoms with Crippen molar-refractivity contribution in [3.05, 3.63) is 52.4 Å². The first-order valence-corrected chi connectivity index (χ1v) is 7.08. The molecule has 0 aliphatic carbocycles. The highest BCUT2D eigenvalue weighted by Gasteiger charge is 2.40. The van der Waals surface area contributed by atoms with E-state index in [0.29, 0.717) is 11.3 Å². The van der Waals surface area contributed by atoms with Crippen molar-refractivity contribution in [3.8, 4) is 17.2 Å². The molecule has 5 rings (SSSR count). The molecule has 0 spiro atoms. The van der Waals surface area contributed by atoms with E-state index in [4.69, 9.17) is 13.9 Å². The van der Waals surface area contributed by atoms with E-state index in [1.54, 1.807) is 24.3 Å². The third-order valence-corrected chi connectivity index (χ3v) is 4.31. The van der Waals surface area contributed by atoms with Crippen molar-refractivity contribution in [2.45, 2.75) is 12.2 Å². The van der Waals surface area contributed by atoms with Crippen molar-refractivity contribution < 1.29 is 24.1 Å². The van der Waals surface area contributed by atoms with Gasteiger partial charge in [-0.1, -0.05) is 6.07 Å². The van der Waals surface area contributed by atoms with Crippen LogP contribution < -0.4 is 10.2 Å². The molecule has 2 atom stereocenters. The van der Waals surface area contributed by atoms with Crippen LogP contribution in [0.5, 0.6) is 17.2 Å². The molecule has 0 saturated heterocycles. The Morgan fingerprint density at radius 1 is 1.09 bits per heavy atom. The van der Waals surface area contributed by atoms with Gasteiger partial charge >= 0.3 is 0 Å². The predicted molar refractivity (Wildman–Crippen MR) is 80.7 cm³/mol. The number of hydrogen-bond donors (Lipinski definition) is 2. The van der Waals surface area contributed by atoms with Crippen LogP contribution in [0.25, 0.3) is 21.9 Å². The van der Waals surface area contributed by atoms with Gasteiger partial charge in [-0.2, -0.15) is 0 Å². The lowest BCUT2D eigenvalue weighted by atomic mass is 9.97. The lowest BCUT2D eigenvalue weighted by molar-refractivity contribution is -0.00481. The lowest BCUT2D eigenvalue weighted by Gasteiger charge is -2.08. The van der Waals surface area contributed by atoms with Crippen molar-refractivity contribution in [3.63, 3.8) is 0 Å². The fourth-order valence-electron chi connectivity index (χ4n) is 3.27. The van der Waals surface area contributed by atoms with Crippen molar-refractivity contribution >= 4 is 21.9 Å². The fourth-order valence-corrected chi connectivity index (χ4v) is 3.27. The van der Waals surface area contributed by atoms with Gasteiger partial charge in [0, 0.05) is 6.07 Å². The number of phenols is 2. The van der Waals surface area contributed by atoms with Crippen LogP contribution in [0.1, 0.15) is 11.5 Å². The molecule has 114 valence electrons. The normalized spacial score (nSPS) is 21.2. The summed E-state index contributed by atoms with van der Waals surface area (Å²) in [6.45, 7) is 0. The molecule has 6 heteroatoms. The fraction of sp³-hybridized carbons (Fsp3) is 0.118. The molecule has 2 aliphatic heterocycles. The minimum Gasteiger partial charge on any atom is -0.507 e. The predicted octanol–water partition coefficient (Wildman–Crippen LogP) is 2.70. The van der Waals surface area contributed by atoms with Crippen LogP contribution in [0.2, 0.25) is 0 Å². The Morgan fingerprint density at radius 3 is 2.83 bits per heavy atom. The summed E-state index contributed by atoms with van der Waals surface area (Å²) in [5, 5.41) is 20.7. The van der Waals surface area contributed by atoms with E-state index < -0.39 is 11.7 Å². The van der Waals surface area contributed by atoms with E-state index in [9.17, 15) is 15.0 Å². The molecule has 6 nitrogen and oxygen atoms in total. The molecule has 3 aromatic rings. The van der Waals surface area contributed by atoms with Gasteiger partial charge in [-0.25, -0.2) is 0 Å². The Morgan fingerprint density at radius 2 is 1.96 bits per heavy atom. The molecule has 0 radical (unpaired) electrons. The highest BCUT2D eigenvalue weighted by Crippen LogP contribution is 2.49. The summed E-state index contributed by atoms with van der Waals surface area (Å²) in [6.07, 6.45) is 2.74. The van der Waals surface area contributed by atoms with E-state index in [-0.39, 0.29) is 39.4 Å². The van der Waals surface area contributed by atoms with Crippen molar-refractivity contribution in [2.75, 3.05) is 0 Å². The molecule has 2 N–H and O–H groups in total. The van der Waals surface area contributed by atoms with E-state index >= 15 is 0 Å². The second kappa shape index (κ2) is 3.98. The van der Waals surface area contributed by atoms with Crippen LogP contribution in [0, 0.1) is 0 Å². The van der Waals surface area contributed by atoms with Crippen molar-refractivity contribution in [1.29, 1.82) is 0 Å². The van der Waals surface area contributed by atoms with Gasteiger partial charge in [0.05, 0.1) is 17.7 Å². The molecule has 0 bridgehead atoms. The summed E-state index contributed by atoms with van der Waals surface area (Å²) < 4.78 is 16.6. The van der Waals surface area contributed by atoms with Crippen LogP contribution in [0.4, 0.5) is 0 Å². The molecule has 2 aromatic carbocycles. The quantitative estimate of drug-likeness (QED) is 0.621. The number of rotatable bonds is 0. The monoisotopic (exact) mass is 310 g/mol. The van der Waals surface area contributed by atoms with Crippen LogP contribution in [0.15, 0.2) is 45.8 Å². The van der Waals surface area contributed by atoms with Gasteiger partial charge in [-0.3, -0.25) is 4.79 Å². The molecular formula is C17H10O6. The largest absolute Gasteiger partial charge is 0.507 e. The number of aromatic hydroxyl groups is 2. The topological polar surface area (TPSA) is 89.1 Å². The molecule has 0 amide bonds. The minimum absolute atomic E-state index is 0.0299. The highest BCUT2D eigenvalue weighted by molar-refractivity contribution is 5.97. The summed E-state index contributed by atoms with van der Waals surface area (Å²) in [4.78, 5) is 12.8. The highest BCUT2D eigenvalue weighted by atomic mass is 16.7. The first-order chi connectivity index (χ1) is 11.1. The molecule has 0 fully saturated rings. The number of hydrogen-bond acceptors (Lipinski definition) is 6. The first kappa shape index (κ1) is 12.4. The smallest absolute Gasteiger partial charge is 0.250 e. The number of ether oxygens (including phenoxy) is 2. The third-order valence-electron chi connectivity index (χ3n) is 4.31. The maximum atomic E-state index is 12.8. The van der Waals surface area contributed by atoms with Crippen LogP contribution in [-0.4, -0.2) is 16.5 Å². The Hall–Kier alpha value is -3.15. The average Bonchev–Trinajstić information content (AvgIpc) is 3.07. The van der Waals surface area contributed by atoms with Gasteiger partial charge < -0.3 is 24.1 Å². The summed E-state index contributed by atoms with van der Waals surface area (Å²) in [6, 6.07) is 6.15. The molecule has 0 unspecified atom stereocenters. The number of benzene rings is 2. The maximum Gasteiger partial charge on any atom is 0.250 e. The summed E-state index contributed by atoms with van der Waals surface area (Å²) in [5.41, 5.74) is 0.466. The van der Waals surface area contributed by atoms with Crippen LogP contribution in [-0.2, 0) is 4.74 Å².